The van der Waals surface area contributed by atoms with Crippen LogP contribution in [0.4, 0.5) is 5.82 Å². The molecule has 116 valence electrons. The summed E-state index contributed by atoms with van der Waals surface area (Å²) in [6, 6.07) is 7.37. The van der Waals surface area contributed by atoms with E-state index >= 15 is 0 Å². The number of rotatable bonds is 4. The first-order valence-corrected chi connectivity index (χ1v) is 8.23. The molecule has 1 saturated heterocycles. The molecular formula is C15H16ClN3O2S. The number of ether oxygens (including phenoxy) is 1. The minimum Gasteiger partial charge on any atom is -0.378 e. The highest BCUT2D eigenvalue weighted by Gasteiger charge is 2.13. The van der Waals surface area contributed by atoms with Gasteiger partial charge in [0.2, 0.25) is 0 Å². The van der Waals surface area contributed by atoms with Crippen LogP contribution in [0.2, 0.25) is 4.34 Å². The van der Waals surface area contributed by atoms with Gasteiger partial charge in [-0.05, 0) is 29.8 Å². The smallest absolute Gasteiger partial charge is 0.261 e. The number of anilines is 1. The molecular weight excluding hydrogens is 322 g/mol. The number of hydrogen-bond acceptors (Lipinski definition) is 5. The van der Waals surface area contributed by atoms with Gasteiger partial charge in [-0.1, -0.05) is 11.6 Å². The lowest BCUT2D eigenvalue weighted by molar-refractivity contribution is 0.0955. The van der Waals surface area contributed by atoms with E-state index in [0.717, 1.165) is 37.7 Å². The van der Waals surface area contributed by atoms with E-state index in [4.69, 9.17) is 16.3 Å². The summed E-state index contributed by atoms with van der Waals surface area (Å²) in [5.41, 5.74) is 1.02. The molecule has 22 heavy (non-hydrogen) atoms. The lowest BCUT2D eigenvalue weighted by Gasteiger charge is -2.28. The monoisotopic (exact) mass is 337 g/mol. The van der Waals surface area contributed by atoms with Gasteiger partial charge in [-0.3, -0.25) is 4.79 Å². The van der Waals surface area contributed by atoms with Gasteiger partial charge in [-0.15, -0.1) is 11.3 Å². The number of nitrogens with zero attached hydrogens (tertiary/aromatic N) is 2. The van der Waals surface area contributed by atoms with Crippen molar-refractivity contribution in [1.82, 2.24) is 10.3 Å². The fourth-order valence-electron chi connectivity index (χ4n) is 2.24. The first-order chi connectivity index (χ1) is 10.7. The van der Waals surface area contributed by atoms with Crippen molar-refractivity contribution in [3.63, 3.8) is 0 Å². The zero-order valence-corrected chi connectivity index (χ0v) is 13.5. The van der Waals surface area contributed by atoms with Crippen LogP contribution in [-0.2, 0) is 11.3 Å². The van der Waals surface area contributed by atoms with Crippen molar-refractivity contribution in [2.45, 2.75) is 6.54 Å². The summed E-state index contributed by atoms with van der Waals surface area (Å²) in [5.74, 6) is 0.816. The molecule has 0 bridgehead atoms. The van der Waals surface area contributed by atoms with Gasteiger partial charge in [-0.25, -0.2) is 4.98 Å². The molecule has 5 nitrogen and oxygen atoms in total. The van der Waals surface area contributed by atoms with Crippen LogP contribution in [0.25, 0.3) is 0 Å². The van der Waals surface area contributed by atoms with Crippen molar-refractivity contribution in [2.24, 2.45) is 0 Å². The van der Waals surface area contributed by atoms with E-state index < -0.39 is 0 Å². The molecule has 0 spiro atoms. The van der Waals surface area contributed by atoms with Gasteiger partial charge in [0.15, 0.2) is 0 Å². The zero-order valence-electron chi connectivity index (χ0n) is 11.9. The highest BCUT2D eigenvalue weighted by Crippen LogP contribution is 2.21. The normalized spacial score (nSPS) is 14.9. The van der Waals surface area contributed by atoms with E-state index in [1.54, 1.807) is 18.3 Å². The Labute approximate surface area is 137 Å². The SMILES string of the molecule is O=C(NCc1ccnc(N2CCOCC2)c1)c1ccc(Cl)s1. The highest BCUT2D eigenvalue weighted by molar-refractivity contribution is 7.17. The second kappa shape index (κ2) is 7.09. The molecule has 7 heteroatoms. The van der Waals surface area contributed by atoms with Crippen molar-refractivity contribution in [3.8, 4) is 0 Å². The predicted molar refractivity (Wildman–Crippen MR) is 87.8 cm³/mol. The van der Waals surface area contributed by atoms with Crippen molar-refractivity contribution in [1.29, 1.82) is 0 Å². The Kier molecular flexibility index (Phi) is 4.92. The molecule has 0 aromatic carbocycles. The van der Waals surface area contributed by atoms with Crippen molar-refractivity contribution in [2.75, 3.05) is 31.2 Å². The van der Waals surface area contributed by atoms with Gasteiger partial charge < -0.3 is 15.0 Å². The molecule has 0 aliphatic carbocycles. The molecule has 3 rings (SSSR count). The fourth-order valence-corrected chi connectivity index (χ4v) is 3.20. The number of thiophene rings is 1. The number of pyridine rings is 1. The molecule has 0 atom stereocenters. The maximum Gasteiger partial charge on any atom is 0.261 e. The number of amides is 1. The minimum absolute atomic E-state index is 0.110. The van der Waals surface area contributed by atoms with Gasteiger partial charge in [0, 0.05) is 25.8 Å². The summed E-state index contributed by atoms with van der Waals surface area (Å²) in [6.07, 6.45) is 1.77. The third-order valence-corrected chi connectivity index (χ3v) is 4.62. The molecule has 2 aromatic rings. The first-order valence-electron chi connectivity index (χ1n) is 7.03. The standard InChI is InChI=1S/C15H16ClN3O2S/c16-13-2-1-12(22-13)15(20)18-10-11-3-4-17-14(9-11)19-5-7-21-8-6-19/h1-4,9H,5-8,10H2,(H,18,20). The number of carbonyl (C=O) groups excluding carboxylic acids is 1. The molecule has 1 amide bonds. The molecule has 1 aliphatic rings. The summed E-state index contributed by atoms with van der Waals surface area (Å²) < 4.78 is 5.96. The van der Waals surface area contributed by atoms with E-state index in [0.29, 0.717) is 15.8 Å². The van der Waals surface area contributed by atoms with Gasteiger partial charge in [-0.2, -0.15) is 0 Å². The average Bonchev–Trinajstić information content (AvgIpc) is 3.00. The summed E-state index contributed by atoms with van der Waals surface area (Å²) in [7, 11) is 0. The quantitative estimate of drug-likeness (QED) is 0.931. The Morgan fingerprint density at radius 1 is 1.36 bits per heavy atom. The maximum absolute atomic E-state index is 12.0. The Hall–Kier alpha value is -1.63. The van der Waals surface area contributed by atoms with Crippen LogP contribution < -0.4 is 10.2 Å². The Bertz CT molecular complexity index is 656. The molecule has 1 aliphatic heterocycles. The van der Waals surface area contributed by atoms with E-state index in [2.05, 4.69) is 15.2 Å². The molecule has 1 fully saturated rings. The first kappa shape index (κ1) is 15.3. The van der Waals surface area contributed by atoms with E-state index in [1.165, 1.54) is 11.3 Å². The predicted octanol–water partition coefficient (Wildman–Crippen LogP) is 2.56. The number of aromatic nitrogens is 1. The number of morpholine rings is 1. The summed E-state index contributed by atoms with van der Waals surface area (Å²) in [5, 5.41) is 2.90. The highest BCUT2D eigenvalue weighted by atomic mass is 35.5. The molecule has 0 unspecified atom stereocenters. The van der Waals surface area contributed by atoms with Gasteiger partial charge >= 0.3 is 0 Å². The molecule has 0 saturated carbocycles. The van der Waals surface area contributed by atoms with Crippen LogP contribution in [0.5, 0.6) is 0 Å². The third kappa shape index (κ3) is 3.76. The molecule has 2 aromatic heterocycles. The summed E-state index contributed by atoms with van der Waals surface area (Å²) >= 11 is 7.12. The number of nitrogens with one attached hydrogen (secondary N) is 1. The van der Waals surface area contributed by atoms with Crippen molar-refractivity contribution >= 4 is 34.7 Å². The van der Waals surface area contributed by atoms with Crippen molar-refractivity contribution in [3.05, 3.63) is 45.2 Å². The molecule has 0 radical (unpaired) electrons. The van der Waals surface area contributed by atoms with E-state index in [-0.39, 0.29) is 5.91 Å². The van der Waals surface area contributed by atoms with Crippen LogP contribution in [-0.4, -0.2) is 37.2 Å². The van der Waals surface area contributed by atoms with Crippen LogP contribution in [0.3, 0.4) is 0 Å². The Balaban J connectivity index is 1.61. The topological polar surface area (TPSA) is 54.5 Å². The lowest BCUT2D eigenvalue weighted by atomic mass is 10.2. The van der Waals surface area contributed by atoms with Gasteiger partial charge in [0.05, 0.1) is 22.4 Å². The summed E-state index contributed by atoms with van der Waals surface area (Å²) in [4.78, 5) is 19.2. The lowest BCUT2D eigenvalue weighted by Crippen LogP contribution is -2.36. The summed E-state index contributed by atoms with van der Waals surface area (Å²) in [6.45, 7) is 3.60. The Morgan fingerprint density at radius 2 is 2.18 bits per heavy atom. The Morgan fingerprint density at radius 3 is 2.91 bits per heavy atom. The van der Waals surface area contributed by atoms with Crippen LogP contribution in [0, 0.1) is 0 Å². The van der Waals surface area contributed by atoms with Gasteiger partial charge in [0.1, 0.15) is 5.82 Å². The van der Waals surface area contributed by atoms with Gasteiger partial charge in [0.25, 0.3) is 5.91 Å². The second-order valence-electron chi connectivity index (χ2n) is 4.91. The number of carbonyl (C=O) groups is 1. The second-order valence-corrected chi connectivity index (χ2v) is 6.62. The average molecular weight is 338 g/mol. The largest absolute Gasteiger partial charge is 0.378 e. The maximum atomic E-state index is 12.0. The number of halogens is 1. The van der Waals surface area contributed by atoms with Crippen LogP contribution in [0.15, 0.2) is 30.5 Å². The van der Waals surface area contributed by atoms with Crippen LogP contribution in [0.1, 0.15) is 15.2 Å². The van der Waals surface area contributed by atoms with Crippen LogP contribution >= 0.6 is 22.9 Å². The fraction of sp³-hybridized carbons (Fsp3) is 0.333. The number of hydrogen-bond donors (Lipinski definition) is 1. The molecule has 3 heterocycles. The third-order valence-electron chi connectivity index (χ3n) is 3.40. The van der Waals surface area contributed by atoms with Crippen molar-refractivity contribution < 1.29 is 9.53 Å². The van der Waals surface area contributed by atoms with E-state index in [9.17, 15) is 4.79 Å². The zero-order chi connectivity index (χ0) is 15.4. The molecule has 1 N–H and O–H groups in total. The minimum atomic E-state index is -0.110. The van der Waals surface area contributed by atoms with E-state index in [1.807, 2.05) is 12.1 Å².